The van der Waals surface area contributed by atoms with Gasteiger partial charge in [0.2, 0.25) is 0 Å². The molecule has 0 unspecified atom stereocenters. The van der Waals surface area contributed by atoms with Crippen molar-refractivity contribution in [2.45, 2.75) is 34.3 Å². The Bertz CT molecular complexity index is 292. The van der Waals surface area contributed by atoms with Crippen LogP contribution in [0.4, 0.5) is 4.53 Å². The molecule has 1 rings (SSSR count). The zero-order chi connectivity index (χ0) is 10.0. The summed E-state index contributed by atoms with van der Waals surface area (Å²) in [5, 5.41) is 0. The van der Waals surface area contributed by atoms with Crippen molar-refractivity contribution in [2.75, 3.05) is 0 Å². The molecule has 0 amide bonds. The van der Waals surface area contributed by atoms with Crippen LogP contribution in [0.2, 0.25) is 0 Å². The second-order valence-electron chi connectivity index (χ2n) is 3.49. The normalized spacial score (nSPS) is 10.5. The molecule has 0 saturated heterocycles. The van der Waals surface area contributed by atoms with Gasteiger partial charge in [0.15, 0.2) is 0 Å². The van der Waals surface area contributed by atoms with Crippen molar-refractivity contribution in [1.82, 2.24) is 0 Å². The fraction of sp³-hybridized carbons (Fsp3) is 0.455. The summed E-state index contributed by atoms with van der Waals surface area (Å²) < 4.78 is 11.8. The second-order valence-corrected chi connectivity index (χ2v) is 3.49. The Morgan fingerprint density at radius 1 is 1.08 bits per heavy atom. The van der Waals surface area contributed by atoms with Gasteiger partial charge in [-0.1, -0.05) is 6.07 Å². The monoisotopic (exact) mass is 182 g/mol. The summed E-state index contributed by atoms with van der Waals surface area (Å²) in [6.07, 6.45) is 0. The molecular weight excluding hydrogens is 167 g/mol. The molecule has 0 heterocycles. The summed E-state index contributed by atoms with van der Waals surface area (Å²) in [4.78, 5) is 3.70. The molecule has 0 aliphatic rings. The van der Waals surface area contributed by atoms with Crippen LogP contribution in [0.1, 0.15) is 27.8 Å². The van der Waals surface area contributed by atoms with Crippen LogP contribution in [-0.4, -0.2) is 0 Å². The third-order valence-electron chi connectivity index (χ3n) is 2.72. The first-order valence-corrected chi connectivity index (χ1v) is 4.37. The number of halogens is 1. The third kappa shape index (κ3) is 1.89. The molecule has 0 aromatic heterocycles. The van der Waals surface area contributed by atoms with Crippen LogP contribution in [0.15, 0.2) is 6.07 Å². The topological polar surface area (TPSA) is 9.23 Å². The van der Waals surface area contributed by atoms with Crippen LogP contribution in [-0.2, 0) is 11.5 Å². The van der Waals surface area contributed by atoms with Gasteiger partial charge in [0.25, 0.3) is 0 Å². The van der Waals surface area contributed by atoms with E-state index in [0.717, 1.165) is 16.7 Å². The number of benzene rings is 1. The quantitative estimate of drug-likeness (QED) is 0.681. The van der Waals surface area contributed by atoms with Crippen molar-refractivity contribution in [3.63, 3.8) is 0 Å². The van der Waals surface area contributed by atoms with Crippen molar-refractivity contribution in [1.29, 1.82) is 0 Å². The van der Waals surface area contributed by atoms with E-state index < -0.39 is 0 Å². The van der Waals surface area contributed by atoms with Crippen molar-refractivity contribution in [2.24, 2.45) is 0 Å². The molecule has 1 aromatic carbocycles. The highest BCUT2D eigenvalue weighted by atomic mass is 19.3. The van der Waals surface area contributed by atoms with E-state index in [9.17, 15) is 4.53 Å². The Morgan fingerprint density at radius 3 is 1.92 bits per heavy atom. The van der Waals surface area contributed by atoms with Crippen LogP contribution in [0.5, 0.6) is 0 Å². The summed E-state index contributed by atoms with van der Waals surface area (Å²) in [7, 11) is 0. The van der Waals surface area contributed by atoms with Crippen molar-refractivity contribution >= 4 is 0 Å². The molecule has 0 bridgehead atoms. The molecule has 0 N–H and O–H groups in total. The fourth-order valence-electron chi connectivity index (χ4n) is 1.57. The van der Waals surface area contributed by atoms with Gasteiger partial charge in [0.05, 0.1) is 0 Å². The molecule has 0 atom stereocenters. The van der Waals surface area contributed by atoms with Gasteiger partial charge in [-0.3, -0.25) is 0 Å². The zero-order valence-electron chi connectivity index (χ0n) is 8.57. The smallest absolute Gasteiger partial charge is 0.113 e. The molecule has 13 heavy (non-hydrogen) atoms. The molecule has 0 aliphatic carbocycles. The first kappa shape index (κ1) is 10.2. The van der Waals surface area contributed by atoms with Crippen molar-refractivity contribution in [3.05, 3.63) is 33.9 Å². The number of rotatable bonds is 2. The molecule has 0 fully saturated rings. The average Bonchev–Trinajstić information content (AvgIpc) is 2.09. The number of aryl methyl sites for hydroxylation is 2. The minimum absolute atomic E-state index is 0.0557. The van der Waals surface area contributed by atoms with E-state index in [-0.39, 0.29) is 6.61 Å². The minimum atomic E-state index is 0.0557. The number of hydrogen-bond acceptors (Lipinski definition) is 1. The molecular formula is C11H15FO. The SMILES string of the molecule is Cc1cc(C)c(C)c(COF)c1C. The lowest BCUT2D eigenvalue weighted by Gasteiger charge is -2.12. The van der Waals surface area contributed by atoms with E-state index in [1.54, 1.807) is 0 Å². The highest BCUT2D eigenvalue weighted by Crippen LogP contribution is 2.22. The van der Waals surface area contributed by atoms with E-state index in [2.05, 4.69) is 11.0 Å². The standard InChI is InChI=1S/C11H15FO/c1-7-5-8(2)10(4)11(6-13-12)9(7)3/h5H,6H2,1-4H3. The predicted molar refractivity (Wildman–Crippen MR) is 51.3 cm³/mol. The highest BCUT2D eigenvalue weighted by molar-refractivity contribution is 5.43. The Balaban J connectivity index is 3.28. The minimum Gasteiger partial charge on any atom is -0.189 e. The van der Waals surface area contributed by atoms with E-state index in [0.29, 0.717) is 0 Å². The Hall–Kier alpha value is -0.890. The molecule has 1 nitrogen and oxygen atoms in total. The van der Waals surface area contributed by atoms with Gasteiger partial charge in [0.1, 0.15) is 6.61 Å². The van der Waals surface area contributed by atoms with E-state index in [1.807, 2.05) is 27.7 Å². The maximum atomic E-state index is 11.8. The van der Waals surface area contributed by atoms with Crippen LogP contribution >= 0.6 is 0 Å². The molecule has 0 aliphatic heterocycles. The fourth-order valence-corrected chi connectivity index (χ4v) is 1.57. The lowest BCUT2D eigenvalue weighted by Crippen LogP contribution is -1.99. The van der Waals surface area contributed by atoms with Gasteiger partial charge in [-0.15, -0.1) is 0 Å². The maximum absolute atomic E-state index is 11.8. The predicted octanol–water partition coefficient (Wildman–Crippen LogP) is 3.32. The summed E-state index contributed by atoms with van der Waals surface area (Å²) in [5.74, 6) is 0. The summed E-state index contributed by atoms with van der Waals surface area (Å²) in [6.45, 7) is 8.11. The summed E-state index contributed by atoms with van der Waals surface area (Å²) in [5.41, 5.74) is 5.60. The van der Waals surface area contributed by atoms with E-state index in [1.165, 1.54) is 11.1 Å². The number of hydrogen-bond donors (Lipinski definition) is 0. The Labute approximate surface area is 78.4 Å². The Kier molecular flexibility index (Phi) is 3.04. The van der Waals surface area contributed by atoms with E-state index in [4.69, 9.17) is 0 Å². The molecule has 0 spiro atoms. The van der Waals surface area contributed by atoms with Crippen LogP contribution in [0.25, 0.3) is 0 Å². The lowest BCUT2D eigenvalue weighted by atomic mass is 9.95. The first-order valence-electron chi connectivity index (χ1n) is 4.37. The van der Waals surface area contributed by atoms with E-state index >= 15 is 0 Å². The van der Waals surface area contributed by atoms with Crippen molar-refractivity contribution < 1.29 is 9.47 Å². The summed E-state index contributed by atoms with van der Waals surface area (Å²) >= 11 is 0. The third-order valence-corrected chi connectivity index (χ3v) is 2.72. The van der Waals surface area contributed by atoms with Crippen LogP contribution < -0.4 is 0 Å². The second kappa shape index (κ2) is 3.88. The highest BCUT2D eigenvalue weighted by Gasteiger charge is 2.08. The first-order chi connectivity index (χ1) is 6.07. The zero-order valence-corrected chi connectivity index (χ0v) is 8.57. The molecule has 2 heteroatoms. The van der Waals surface area contributed by atoms with Crippen LogP contribution in [0, 0.1) is 27.7 Å². The Morgan fingerprint density at radius 2 is 1.54 bits per heavy atom. The van der Waals surface area contributed by atoms with Crippen molar-refractivity contribution in [3.8, 4) is 0 Å². The van der Waals surface area contributed by atoms with Gasteiger partial charge in [-0.05, 0) is 60.0 Å². The molecule has 0 radical (unpaired) electrons. The van der Waals surface area contributed by atoms with Crippen LogP contribution in [0.3, 0.4) is 0 Å². The van der Waals surface area contributed by atoms with Gasteiger partial charge >= 0.3 is 0 Å². The lowest BCUT2D eigenvalue weighted by molar-refractivity contribution is -0.144. The molecule has 1 aromatic rings. The van der Waals surface area contributed by atoms with Gasteiger partial charge < -0.3 is 0 Å². The summed E-state index contributed by atoms with van der Waals surface area (Å²) in [6, 6.07) is 2.12. The van der Waals surface area contributed by atoms with Gasteiger partial charge in [0, 0.05) is 0 Å². The molecule has 72 valence electrons. The maximum Gasteiger partial charge on any atom is 0.113 e. The largest absolute Gasteiger partial charge is 0.189 e. The van der Waals surface area contributed by atoms with Gasteiger partial charge in [-0.2, -0.15) is 4.94 Å². The average molecular weight is 182 g/mol. The van der Waals surface area contributed by atoms with Gasteiger partial charge in [-0.25, -0.2) is 0 Å². The molecule has 0 saturated carbocycles.